The predicted octanol–water partition coefficient (Wildman–Crippen LogP) is 2.73. The molecule has 1 aromatic rings. The molecule has 7 nitrogen and oxygen atoms in total. The van der Waals surface area contributed by atoms with Gasteiger partial charge in [0.05, 0.1) is 26.9 Å². The number of alkyl halides is 2. The molecule has 172 valence electrons. The van der Waals surface area contributed by atoms with E-state index in [1.165, 1.54) is 7.11 Å². The summed E-state index contributed by atoms with van der Waals surface area (Å²) >= 11 is 0. The van der Waals surface area contributed by atoms with Crippen molar-refractivity contribution in [2.75, 3.05) is 53.0 Å². The van der Waals surface area contributed by atoms with Crippen LogP contribution in [-0.4, -0.2) is 76.6 Å². The van der Waals surface area contributed by atoms with Crippen LogP contribution in [0.5, 0.6) is 11.5 Å². The zero-order valence-corrected chi connectivity index (χ0v) is 20.2. The van der Waals surface area contributed by atoms with E-state index in [4.69, 9.17) is 9.47 Å². The number of guanidine groups is 1. The lowest BCUT2D eigenvalue weighted by Crippen LogP contribution is -2.44. The van der Waals surface area contributed by atoms with Gasteiger partial charge in [-0.2, -0.15) is 8.78 Å². The lowest BCUT2D eigenvalue weighted by molar-refractivity contribution is -0.0512. The Labute approximate surface area is 194 Å². The first-order valence-corrected chi connectivity index (χ1v) is 9.99. The first-order valence-electron chi connectivity index (χ1n) is 9.99. The molecular formula is C20H33F2IN4O3. The molecule has 0 aliphatic carbocycles. The molecule has 1 heterocycles. The summed E-state index contributed by atoms with van der Waals surface area (Å²) in [7, 11) is 1.42. The third-order valence-electron chi connectivity index (χ3n) is 4.68. The number of halogens is 3. The number of benzene rings is 1. The Morgan fingerprint density at radius 1 is 1.23 bits per heavy atom. The van der Waals surface area contributed by atoms with Crippen LogP contribution in [0.15, 0.2) is 23.2 Å². The van der Waals surface area contributed by atoms with Crippen molar-refractivity contribution >= 4 is 29.9 Å². The Morgan fingerprint density at radius 2 is 1.97 bits per heavy atom. The molecule has 1 saturated heterocycles. The van der Waals surface area contributed by atoms with Crippen LogP contribution in [0.4, 0.5) is 8.78 Å². The summed E-state index contributed by atoms with van der Waals surface area (Å²) in [5.41, 5.74) is 0.867. The Kier molecular flexibility index (Phi) is 12.9. The number of aliphatic imine (C=N–C) groups is 1. The highest BCUT2D eigenvalue weighted by molar-refractivity contribution is 14.0. The fraction of sp³-hybridized carbons (Fsp3) is 0.650. The van der Waals surface area contributed by atoms with Crippen LogP contribution in [0.25, 0.3) is 0 Å². The molecule has 1 unspecified atom stereocenters. The van der Waals surface area contributed by atoms with Crippen molar-refractivity contribution in [2.24, 2.45) is 4.99 Å². The summed E-state index contributed by atoms with van der Waals surface area (Å²) < 4.78 is 40.1. The second kappa shape index (κ2) is 14.6. The molecule has 2 N–H and O–H groups in total. The van der Waals surface area contributed by atoms with Gasteiger partial charge in [0.25, 0.3) is 0 Å². The molecule has 0 bridgehead atoms. The van der Waals surface area contributed by atoms with Gasteiger partial charge in [-0.3, -0.25) is 9.89 Å². The predicted molar refractivity (Wildman–Crippen MR) is 125 cm³/mol. The Hall–Kier alpha value is -1.40. The summed E-state index contributed by atoms with van der Waals surface area (Å²) in [6, 6.07) is 5.39. The molecule has 1 aliphatic heterocycles. The van der Waals surface area contributed by atoms with E-state index in [0.717, 1.165) is 44.4 Å². The van der Waals surface area contributed by atoms with Gasteiger partial charge in [-0.1, -0.05) is 6.07 Å². The molecule has 2 rings (SSSR count). The molecule has 1 atom stereocenters. The van der Waals surface area contributed by atoms with Crippen molar-refractivity contribution in [1.29, 1.82) is 0 Å². The lowest BCUT2D eigenvalue weighted by Gasteiger charge is -2.31. The normalized spacial score (nSPS) is 16.0. The van der Waals surface area contributed by atoms with Gasteiger partial charge < -0.3 is 24.8 Å². The Bertz CT molecular complexity index is 646. The second-order valence-corrected chi connectivity index (χ2v) is 6.76. The Balaban J connectivity index is 0.00000450. The molecule has 1 aliphatic rings. The van der Waals surface area contributed by atoms with E-state index >= 15 is 0 Å². The third-order valence-corrected chi connectivity index (χ3v) is 4.68. The van der Waals surface area contributed by atoms with Gasteiger partial charge in [-0.05, 0) is 38.0 Å². The van der Waals surface area contributed by atoms with E-state index in [-0.39, 0.29) is 35.5 Å². The molecule has 0 saturated carbocycles. The minimum atomic E-state index is -2.89. The molecule has 0 amide bonds. The maximum absolute atomic E-state index is 12.6. The largest absolute Gasteiger partial charge is 0.493 e. The highest BCUT2D eigenvalue weighted by Gasteiger charge is 2.16. The number of nitrogens with one attached hydrogen (secondary N) is 2. The lowest BCUT2D eigenvalue weighted by atomic mass is 10.1. The number of nitrogens with zero attached hydrogens (tertiary/aromatic N) is 2. The molecule has 1 fully saturated rings. The van der Waals surface area contributed by atoms with Gasteiger partial charge in [-0.15, -0.1) is 24.0 Å². The number of methoxy groups -OCH3 is 1. The summed E-state index contributed by atoms with van der Waals surface area (Å²) in [6.45, 7) is 6.74. The van der Waals surface area contributed by atoms with Crippen LogP contribution in [0.1, 0.15) is 19.4 Å². The molecule has 0 aromatic heterocycles. The minimum absolute atomic E-state index is 0. The van der Waals surface area contributed by atoms with Gasteiger partial charge in [0.15, 0.2) is 17.5 Å². The van der Waals surface area contributed by atoms with Crippen molar-refractivity contribution in [3.05, 3.63) is 23.8 Å². The topological polar surface area (TPSA) is 67.4 Å². The van der Waals surface area contributed by atoms with E-state index in [9.17, 15) is 8.78 Å². The van der Waals surface area contributed by atoms with Crippen molar-refractivity contribution in [1.82, 2.24) is 15.5 Å². The summed E-state index contributed by atoms with van der Waals surface area (Å²) in [4.78, 5) is 7.05. The van der Waals surface area contributed by atoms with Gasteiger partial charge in [0, 0.05) is 32.2 Å². The van der Waals surface area contributed by atoms with Crippen molar-refractivity contribution in [3.8, 4) is 11.5 Å². The van der Waals surface area contributed by atoms with Crippen LogP contribution in [-0.2, 0) is 11.2 Å². The number of hydrogen-bond acceptors (Lipinski definition) is 5. The fourth-order valence-corrected chi connectivity index (χ4v) is 3.09. The molecule has 0 spiro atoms. The highest BCUT2D eigenvalue weighted by atomic mass is 127. The fourth-order valence-electron chi connectivity index (χ4n) is 3.09. The van der Waals surface area contributed by atoms with E-state index in [2.05, 4.69) is 32.2 Å². The van der Waals surface area contributed by atoms with Crippen LogP contribution >= 0.6 is 24.0 Å². The van der Waals surface area contributed by atoms with Gasteiger partial charge >= 0.3 is 6.61 Å². The first kappa shape index (κ1) is 26.6. The van der Waals surface area contributed by atoms with Crippen molar-refractivity contribution in [3.63, 3.8) is 0 Å². The smallest absolute Gasteiger partial charge is 0.387 e. The third kappa shape index (κ3) is 9.17. The van der Waals surface area contributed by atoms with Crippen molar-refractivity contribution < 1.29 is 23.0 Å². The molecule has 30 heavy (non-hydrogen) atoms. The number of hydrogen-bond donors (Lipinski definition) is 2. The SMILES string of the molecule is CCNC(=NCC(C)N1CCOCC1)NCCc1ccc(OC)c(OC(F)F)c1.I. The zero-order valence-electron chi connectivity index (χ0n) is 17.8. The van der Waals surface area contributed by atoms with Crippen LogP contribution in [0.3, 0.4) is 0 Å². The summed E-state index contributed by atoms with van der Waals surface area (Å²) in [5.74, 6) is 1.07. The quantitative estimate of drug-likeness (QED) is 0.270. The van der Waals surface area contributed by atoms with Crippen LogP contribution in [0, 0.1) is 0 Å². The first-order chi connectivity index (χ1) is 14.0. The van der Waals surface area contributed by atoms with Gasteiger partial charge in [0.1, 0.15) is 0 Å². The number of ether oxygens (including phenoxy) is 3. The standard InChI is InChI=1S/C20H32F2N4O3.HI/c1-4-23-20(25-14-15(2)26-9-11-28-12-10-26)24-8-7-16-5-6-17(27-3)18(13-16)29-19(21)22;/h5-6,13,15,19H,4,7-12,14H2,1-3H3,(H2,23,24,25);1H. The van der Waals surface area contributed by atoms with E-state index < -0.39 is 6.61 Å². The average molecular weight is 542 g/mol. The summed E-state index contributed by atoms with van der Waals surface area (Å²) in [5, 5.41) is 6.53. The maximum Gasteiger partial charge on any atom is 0.387 e. The minimum Gasteiger partial charge on any atom is -0.493 e. The van der Waals surface area contributed by atoms with Crippen LogP contribution < -0.4 is 20.1 Å². The summed E-state index contributed by atoms with van der Waals surface area (Å²) in [6.07, 6.45) is 0.632. The van der Waals surface area contributed by atoms with Crippen molar-refractivity contribution in [2.45, 2.75) is 32.9 Å². The van der Waals surface area contributed by atoms with E-state index in [1.54, 1.807) is 12.1 Å². The monoisotopic (exact) mass is 542 g/mol. The molecule has 10 heteroatoms. The molecular weight excluding hydrogens is 509 g/mol. The maximum atomic E-state index is 12.6. The molecule has 0 radical (unpaired) electrons. The zero-order chi connectivity index (χ0) is 21.1. The number of rotatable bonds is 10. The van der Waals surface area contributed by atoms with Gasteiger partial charge in [-0.25, -0.2) is 0 Å². The van der Waals surface area contributed by atoms with E-state index in [0.29, 0.717) is 25.6 Å². The second-order valence-electron chi connectivity index (χ2n) is 6.76. The molecule has 1 aromatic carbocycles. The number of morpholine rings is 1. The highest BCUT2D eigenvalue weighted by Crippen LogP contribution is 2.29. The van der Waals surface area contributed by atoms with E-state index in [1.807, 2.05) is 13.0 Å². The Morgan fingerprint density at radius 3 is 2.60 bits per heavy atom. The average Bonchev–Trinajstić information content (AvgIpc) is 2.72. The van der Waals surface area contributed by atoms with Crippen LogP contribution in [0.2, 0.25) is 0 Å². The van der Waals surface area contributed by atoms with Gasteiger partial charge in [0.2, 0.25) is 0 Å².